The molecule has 1 saturated heterocycles. The summed E-state index contributed by atoms with van der Waals surface area (Å²) in [5, 5.41) is 6.98. The summed E-state index contributed by atoms with van der Waals surface area (Å²) < 4.78 is 2.06. The Balaban J connectivity index is 0.00000240. The van der Waals surface area contributed by atoms with E-state index in [9.17, 15) is 0 Å². The number of hydrogen-bond acceptors (Lipinski definition) is 3. The molecule has 1 atom stereocenters. The van der Waals surface area contributed by atoms with Crippen LogP contribution in [-0.2, 0) is 6.42 Å². The van der Waals surface area contributed by atoms with E-state index in [1.165, 1.54) is 11.3 Å². The van der Waals surface area contributed by atoms with Crippen LogP contribution in [0.5, 0.6) is 0 Å². The van der Waals surface area contributed by atoms with Crippen molar-refractivity contribution in [2.45, 2.75) is 25.8 Å². The number of benzene rings is 1. The first kappa shape index (κ1) is 21.4. The standard InChI is InChI=1S/C22H28N6.HI/c1-17-6-8-20(9-7-17)27-14-11-19(15-27)26-22(23-2)24-12-10-18-16-28-13-4-3-5-21(28)25-18;/h3-9,13,16,19H,10-12,14-15H2,1-2H3,(H2,23,24,26);1H. The third kappa shape index (κ3) is 5.41. The molecule has 1 aliphatic heterocycles. The van der Waals surface area contributed by atoms with Crippen molar-refractivity contribution in [1.29, 1.82) is 0 Å². The highest BCUT2D eigenvalue weighted by molar-refractivity contribution is 14.0. The first-order valence-electron chi connectivity index (χ1n) is 9.93. The number of fused-ring (bicyclic) bond motifs is 1. The number of anilines is 1. The maximum absolute atomic E-state index is 4.64. The number of nitrogens with one attached hydrogen (secondary N) is 2. The molecule has 154 valence electrons. The number of aryl methyl sites for hydroxylation is 1. The summed E-state index contributed by atoms with van der Waals surface area (Å²) in [6.45, 7) is 4.99. The Morgan fingerprint density at radius 1 is 1.21 bits per heavy atom. The molecule has 3 heterocycles. The molecule has 0 aliphatic carbocycles. The Kier molecular flexibility index (Phi) is 7.35. The molecule has 0 amide bonds. The Morgan fingerprint density at radius 3 is 2.79 bits per heavy atom. The molecule has 1 fully saturated rings. The van der Waals surface area contributed by atoms with Crippen LogP contribution in [0.3, 0.4) is 0 Å². The molecule has 3 aromatic rings. The van der Waals surface area contributed by atoms with Crippen LogP contribution < -0.4 is 15.5 Å². The quantitative estimate of drug-likeness (QED) is 0.318. The van der Waals surface area contributed by atoms with Crippen LogP contribution in [0.2, 0.25) is 0 Å². The number of aliphatic imine (C=N–C) groups is 1. The van der Waals surface area contributed by atoms with Gasteiger partial charge in [-0.25, -0.2) is 4.98 Å². The van der Waals surface area contributed by atoms with Crippen molar-refractivity contribution < 1.29 is 0 Å². The number of guanidine groups is 1. The van der Waals surface area contributed by atoms with Crippen molar-refractivity contribution in [2.75, 3.05) is 31.6 Å². The molecule has 4 rings (SSSR count). The van der Waals surface area contributed by atoms with Crippen LogP contribution in [0.25, 0.3) is 5.65 Å². The second-order valence-corrected chi connectivity index (χ2v) is 7.36. The highest BCUT2D eigenvalue weighted by Crippen LogP contribution is 2.20. The zero-order valence-electron chi connectivity index (χ0n) is 17.0. The maximum Gasteiger partial charge on any atom is 0.191 e. The fourth-order valence-electron chi connectivity index (χ4n) is 3.67. The normalized spacial score (nSPS) is 16.7. The Bertz CT molecular complexity index is 916. The molecule has 7 heteroatoms. The molecule has 0 spiro atoms. The van der Waals surface area contributed by atoms with Gasteiger partial charge in [-0.05, 0) is 37.6 Å². The lowest BCUT2D eigenvalue weighted by Gasteiger charge is -2.20. The Labute approximate surface area is 189 Å². The van der Waals surface area contributed by atoms with Gasteiger partial charge in [-0.3, -0.25) is 4.99 Å². The number of hydrogen-bond donors (Lipinski definition) is 2. The molecule has 0 saturated carbocycles. The van der Waals surface area contributed by atoms with E-state index in [4.69, 9.17) is 0 Å². The zero-order valence-corrected chi connectivity index (χ0v) is 19.3. The molecule has 29 heavy (non-hydrogen) atoms. The van der Waals surface area contributed by atoms with Crippen molar-refractivity contribution in [3.63, 3.8) is 0 Å². The van der Waals surface area contributed by atoms with Crippen molar-refractivity contribution >= 4 is 41.3 Å². The highest BCUT2D eigenvalue weighted by atomic mass is 127. The molecule has 1 unspecified atom stereocenters. The summed E-state index contributed by atoms with van der Waals surface area (Å²) in [6.07, 6.45) is 6.09. The minimum atomic E-state index is 0. The van der Waals surface area contributed by atoms with Gasteiger partial charge in [-0.1, -0.05) is 23.8 Å². The number of pyridine rings is 1. The molecule has 1 aromatic carbocycles. The van der Waals surface area contributed by atoms with E-state index in [1.54, 1.807) is 0 Å². The summed E-state index contributed by atoms with van der Waals surface area (Å²) in [4.78, 5) is 11.5. The van der Waals surface area contributed by atoms with Crippen molar-refractivity contribution in [1.82, 2.24) is 20.0 Å². The number of imidazole rings is 1. The largest absolute Gasteiger partial charge is 0.369 e. The first-order chi connectivity index (χ1) is 13.7. The second-order valence-electron chi connectivity index (χ2n) is 7.36. The SMILES string of the molecule is CN=C(NCCc1cn2ccccc2n1)NC1CCN(c2ccc(C)cc2)C1.I. The van der Waals surface area contributed by atoms with Gasteiger partial charge in [0.05, 0.1) is 5.69 Å². The molecule has 2 aromatic heterocycles. The van der Waals surface area contributed by atoms with E-state index >= 15 is 0 Å². The van der Waals surface area contributed by atoms with Crippen LogP contribution in [0, 0.1) is 6.92 Å². The Hall–Kier alpha value is -2.29. The summed E-state index contributed by atoms with van der Waals surface area (Å²) in [5.74, 6) is 0.861. The zero-order chi connectivity index (χ0) is 19.3. The van der Waals surface area contributed by atoms with Gasteiger partial charge in [-0.15, -0.1) is 24.0 Å². The van der Waals surface area contributed by atoms with Gasteiger partial charge >= 0.3 is 0 Å². The summed E-state index contributed by atoms with van der Waals surface area (Å²) in [5.41, 5.74) is 4.67. The molecule has 0 bridgehead atoms. The third-order valence-corrected chi connectivity index (χ3v) is 5.24. The molecule has 2 N–H and O–H groups in total. The lowest BCUT2D eigenvalue weighted by Crippen LogP contribution is -2.45. The van der Waals surface area contributed by atoms with E-state index in [-0.39, 0.29) is 24.0 Å². The van der Waals surface area contributed by atoms with Gasteiger partial charge in [-0.2, -0.15) is 0 Å². The van der Waals surface area contributed by atoms with Crippen molar-refractivity contribution in [2.24, 2.45) is 4.99 Å². The van der Waals surface area contributed by atoms with E-state index in [0.29, 0.717) is 6.04 Å². The molecular weight excluding hydrogens is 475 g/mol. The topological polar surface area (TPSA) is 57.0 Å². The third-order valence-electron chi connectivity index (χ3n) is 5.24. The van der Waals surface area contributed by atoms with E-state index < -0.39 is 0 Å². The molecule has 1 aliphatic rings. The number of nitrogens with zero attached hydrogens (tertiary/aromatic N) is 4. The fourth-order valence-corrected chi connectivity index (χ4v) is 3.67. The van der Waals surface area contributed by atoms with E-state index in [0.717, 1.165) is 49.8 Å². The van der Waals surface area contributed by atoms with Crippen LogP contribution in [0.1, 0.15) is 17.7 Å². The monoisotopic (exact) mass is 504 g/mol. The number of rotatable bonds is 5. The van der Waals surface area contributed by atoms with E-state index in [2.05, 4.69) is 67.3 Å². The second kappa shape index (κ2) is 9.96. The number of aromatic nitrogens is 2. The number of halogens is 1. The van der Waals surface area contributed by atoms with Gasteiger partial charge in [0.2, 0.25) is 0 Å². The maximum atomic E-state index is 4.64. The summed E-state index contributed by atoms with van der Waals surface area (Å²) in [6, 6.07) is 15.2. The minimum Gasteiger partial charge on any atom is -0.369 e. The fraction of sp³-hybridized carbons (Fsp3) is 0.364. The lowest BCUT2D eigenvalue weighted by molar-refractivity contribution is 0.648. The van der Waals surface area contributed by atoms with Crippen LogP contribution in [0.4, 0.5) is 5.69 Å². The van der Waals surface area contributed by atoms with Gasteiger partial charge < -0.3 is 19.9 Å². The average Bonchev–Trinajstić information content (AvgIpc) is 3.34. The molecule has 6 nitrogen and oxygen atoms in total. The summed E-state index contributed by atoms with van der Waals surface area (Å²) in [7, 11) is 1.83. The highest BCUT2D eigenvalue weighted by Gasteiger charge is 2.23. The summed E-state index contributed by atoms with van der Waals surface area (Å²) >= 11 is 0. The lowest BCUT2D eigenvalue weighted by atomic mass is 10.2. The smallest absolute Gasteiger partial charge is 0.191 e. The predicted molar refractivity (Wildman–Crippen MR) is 131 cm³/mol. The van der Waals surface area contributed by atoms with Crippen LogP contribution in [-0.4, -0.2) is 48.1 Å². The van der Waals surface area contributed by atoms with Crippen molar-refractivity contribution in [3.05, 3.63) is 66.1 Å². The van der Waals surface area contributed by atoms with Gasteiger partial charge in [0.25, 0.3) is 0 Å². The molecular formula is C22H29IN6. The first-order valence-corrected chi connectivity index (χ1v) is 9.93. The molecule has 0 radical (unpaired) electrons. The van der Waals surface area contributed by atoms with Crippen LogP contribution in [0.15, 0.2) is 59.9 Å². The predicted octanol–water partition coefficient (Wildman–Crippen LogP) is 3.25. The Morgan fingerprint density at radius 2 is 2.03 bits per heavy atom. The van der Waals surface area contributed by atoms with Crippen molar-refractivity contribution in [3.8, 4) is 0 Å². The van der Waals surface area contributed by atoms with E-state index in [1.807, 2.05) is 31.4 Å². The average molecular weight is 504 g/mol. The van der Waals surface area contributed by atoms with Gasteiger partial charge in [0.15, 0.2) is 5.96 Å². The van der Waals surface area contributed by atoms with Gasteiger partial charge in [0, 0.05) is 57.2 Å². The minimum absolute atomic E-state index is 0. The van der Waals surface area contributed by atoms with Crippen LogP contribution >= 0.6 is 24.0 Å². The van der Waals surface area contributed by atoms with Gasteiger partial charge in [0.1, 0.15) is 5.65 Å².